The summed E-state index contributed by atoms with van der Waals surface area (Å²) in [4.78, 5) is 0. The van der Waals surface area contributed by atoms with Gasteiger partial charge in [-0.15, -0.1) is 0 Å². The highest BCUT2D eigenvalue weighted by atomic mass is 15.3. The molecule has 0 aliphatic heterocycles. The molecular formula is C11H18N6. The van der Waals surface area contributed by atoms with Gasteiger partial charge in [-0.3, -0.25) is 15.2 Å². The lowest BCUT2D eigenvalue weighted by Crippen LogP contribution is -2.30. The van der Waals surface area contributed by atoms with Gasteiger partial charge in [0.25, 0.3) is 0 Å². The van der Waals surface area contributed by atoms with Crippen LogP contribution in [0.2, 0.25) is 0 Å². The predicted octanol–water partition coefficient (Wildman–Crippen LogP) is 0.269. The van der Waals surface area contributed by atoms with Crippen molar-refractivity contribution in [1.82, 2.24) is 25.0 Å². The maximum absolute atomic E-state index is 5.63. The zero-order chi connectivity index (χ0) is 12.4. The van der Waals surface area contributed by atoms with Crippen LogP contribution in [0.4, 0.5) is 0 Å². The summed E-state index contributed by atoms with van der Waals surface area (Å²) in [5, 5.41) is 8.78. The van der Waals surface area contributed by atoms with E-state index in [0.717, 1.165) is 23.5 Å². The first-order valence-corrected chi connectivity index (χ1v) is 5.64. The minimum atomic E-state index is -0.131. The van der Waals surface area contributed by atoms with E-state index in [2.05, 4.69) is 28.6 Å². The molecule has 2 aromatic rings. The Hall–Kier alpha value is -1.66. The summed E-state index contributed by atoms with van der Waals surface area (Å²) in [6.45, 7) is 2.08. The summed E-state index contributed by atoms with van der Waals surface area (Å²) in [6, 6.07) is 3.87. The number of nitrogens with zero attached hydrogens (tertiary/aromatic N) is 4. The second kappa shape index (κ2) is 4.68. The van der Waals surface area contributed by atoms with Gasteiger partial charge in [0, 0.05) is 20.3 Å². The van der Waals surface area contributed by atoms with Gasteiger partial charge in [0.15, 0.2) is 0 Å². The molecule has 17 heavy (non-hydrogen) atoms. The minimum Gasteiger partial charge on any atom is -0.275 e. The van der Waals surface area contributed by atoms with Gasteiger partial charge in [-0.1, -0.05) is 6.92 Å². The number of hydrogen-bond acceptors (Lipinski definition) is 4. The van der Waals surface area contributed by atoms with Crippen LogP contribution in [0.3, 0.4) is 0 Å². The molecule has 0 bridgehead atoms. The minimum absolute atomic E-state index is 0.131. The first kappa shape index (κ1) is 11.8. The van der Waals surface area contributed by atoms with Crippen molar-refractivity contribution in [1.29, 1.82) is 0 Å². The molecule has 0 fully saturated rings. The van der Waals surface area contributed by atoms with Gasteiger partial charge in [0.1, 0.15) is 6.04 Å². The molecule has 1 unspecified atom stereocenters. The van der Waals surface area contributed by atoms with Crippen LogP contribution in [0.25, 0.3) is 0 Å². The van der Waals surface area contributed by atoms with E-state index in [1.165, 1.54) is 0 Å². The summed E-state index contributed by atoms with van der Waals surface area (Å²) < 4.78 is 3.61. The quantitative estimate of drug-likeness (QED) is 0.588. The van der Waals surface area contributed by atoms with E-state index >= 15 is 0 Å². The van der Waals surface area contributed by atoms with Crippen LogP contribution in [0.15, 0.2) is 18.3 Å². The number of hydrazine groups is 1. The molecule has 0 aromatic carbocycles. The highest BCUT2D eigenvalue weighted by Gasteiger charge is 2.19. The van der Waals surface area contributed by atoms with Gasteiger partial charge in [-0.05, 0) is 18.6 Å². The van der Waals surface area contributed by atoms with E-state index in [9.17, 15) is 0 Å². The molecule has 0 aliphatic carbocycles. The Balaban J connectivity index is 2.37. The Bertz CT molecular complexity index is 498. The molecule has 2 heterocycles. The number of nitrogens with one attached hydrogen (secondary N) is 1. The molecule has 6 heteroatoms. The van der Waals surface area contributed by atoms with Crippen LogP contribution >= 0.6 is 0 Å². The lowest BCUT2D eigenvalue weighted by atomic mass is 10.1. The van der Waals surface area contributed by atoms with Gasteiger partial charge in [-0.25, -0.2) is 5.43 Å². The maximum atomic E-state index is 5.63. The fraction of sp³-hybridized carbons (Fsp3) is 0.455. The molecular weight excluding hydrogens is 216 g/mol. The normalized spacial score (nSPS) is 12.9. The second-order valence-electron chi connectivity index (χ2n) is 4.05. The summed E-state index contributed by atoms with van der Waals surface area (Å²) in [5.41, 5.74) is 5.75. The Morgan fingerprint density at radius 2 is 2.18 bits per heavy atom. The zero-order valence-electron chi connectivity index (χ0n) is 10.4. The van der Waals surface area contributed by atoms with Crippen molar-refractivity contribution in [3.8, 4) is 0 Å². The van der Waals surface area contributed by atoms with E-state index < -0.39 is 0 Å². The number of rotatable bonds is 4. The van der Waals surface area contributed by atoms with E-state index in [-0.39, 0.29) is 6.04 Å². The molecule has 92 valence electrons. The molecule has 6 nitrogen and oxygen atoms in total. The number of hydrogen-bond donors (Lipinski definition) is 2. The molecule has 2 rings (SSSR count). The molecule has 0 radical (unpaired) electrons. The zero-order valence-corrected chi connectivity index (χ0v) is 10.4. The van der Waals surface area contributed by atoms with Gasteiger partial charge in [-0.2, -0.15) is 10.2 Å². The van der Waals surface area contributed by atoms with Crippen molar-refractivity contribution in [2.45, 2.75) is 19.4 Å². The summed E-state index contributed by atoms with van der Waals surface area (Å²) in [6.07, 6.45) is 2.81. The highest BCUT2D eigenvalue weighted by molar-refractivity contribution is 5.23. The average Bonchev–Trinajstić information content (AvgIpc) is 2.88. The first-order chi connectivity index (χ1) is 8.15. The van der Waals surface area contributed by atoms with Crippen LogP contribution in [0.5, 0.6) is 0 Å². The fourth-order valence-corrected chi connectivity index (χ4v) is 1.90. The third kappa shape index (κ3) is 2.22. The first-order valence-electron chi connectivity index (χ1n) is 5.64. The second-order valence-corrected chi connectivity index (χ2v) is 4.05. The standard InChI is InChI=1S/C11H18N6/c1-4-8-7-10(17(3)14-8)11(13-12)9-5-6-16(2)15-9/h5-7,11,13H,4,12H2,1-3H3. The number of aromatic nitrogens is 4. The van der Waals surface area contributed by atoms with Crippen LogP contribution in [0, 0.1) is 0 Å². The van der Waals surface area contributed by atoms with E-state index in [1.54, 1.807) is 4.68 Å². The molecule has 0 saturated heterocycles. The van der Waals surface area contributed by atoms with Crippen molar-refractivity contribution in [3.63, 3.8) is 0 Å². The maximum Gasteiger partial charge on any atom is 0.107 e. The van der Waals surface area contributed by atoms with Gasteiger partial charge < -0.3 is 0 Å². The number of aryl methyl sites for hydroxylation is 3. The molecule has 0 saturated carbocycles. The van der Waals surface area contributed by atoms with E-state index in [4.69, 9.17) is 5.84 Å². The van der Waals surface area contributed by atoms with Crippen molar-refractivity contribution < 1.29 is 0 Å². The molecule has 3 N–H and O–H groups in total. The van der Waals surface area contributed by atoms with Crippen molar-refractivity contribution in [3.05, 3.63) is 35.4 Å². The molecule has 1 atom stereocenters. The SMILES string of the molecule is CCc1cc(C(NN)c2ccn(C)n2)n(C)n1. The Morgan fingerprint density at radius 3 is 2.65 bits per heavy atom. The topological polar surface area (TPSA) is 73.7 Å². The monoisotopic (exact) mass is 234 g/mol. The molecule has 0 aliphatic rings. The largest absolute Gasteiger partial charge is 0.275 e. The summed E-state index contributed by atoms with van der Waals surface area (Å²) in [5.74, 6) is 5.63. The summed E-state index contributed by atoms with van der Waals surface area (Å²) in [7, 11) is 3.81. The Kier molecular flexibility index (Phi) is 3.26. The lowest BCUT2D eigenvalue weighted by Gasteiger charge is -2.13. The van der Waals surface area contributed by atoms with Gasteiger partial charge in [0.05, 0.1) is 17.1 Å². The smallest absolute Gasteiger partial charge is 0.107 e. The fourth-order valence-electron chi connectivity index (χ4n) is 1.90. The summed E-state index contributed by atoms with van der Waals surface area (Å²) >= 11 is 0. The number of nitrogens with two attached hydrogens (primary N) is 1. The van der Waals surface area contributed by atoms with E-state index in [0.29, 0.717) is 0 Å². The average molecular weight is 234 g/mol. The Morgan fingerprint density at radius 1 is 1.41 bits per heavy atom. The van der Waals surface area contributed by atoms with Gasteiger partial charge in [0.2, 0.25) is 0 Å². The van der Waals surface area contributed by atoms with Gasteiger partial charge >= 0.3 is 0 Å². The highest BCUT2D eigenvalue weighted by Crippen LogP contribution is 2.20. The van der Waals surface area contributed by atoms with Crippen LogP contribution in [0.1, 0.15) is 30.0 Å². The van der Waals surface area contributed by atoms with Crippen LogP contribution in [-0.4, -0.2) is 19.6 Å². The third-order valence-corrected chi connectivity index (χ3v) is 2.82. The molecule has 0 spiro atoms. The van der Waals surface area contributed by atoms with Crippen molar-refractivity contribution >= 4 is 0 Å². The van der Waals surface area contributed by atoms with E-state index in [1.807, 2.05) is 31.0 Å². The Labute approximate surface area is 100 Å². The van der Waals surface area contributed by atoms with Crippen molar-refractivity contribution in [2.75, 3.05) is 0 Å². The molecule has 0 amide bonds. The van der Waals surface area contributed by atoms with Crippen molar-refractivity contribution in [2.24, 2.45) is 19.9 Å². The molecule has 2 aromatic heterocycles. The van der Waals surface area contributed by atoms with Crippen LogP contribution < -0.4 is 11.3 Å². The van der Waals surface area contributed by atoms with Crippen LogP contribution in [-0.2, 0) is 20.5 Å². The third-order valence-electron chi connectivity index (χ3n) is 2.82. The lowest BCUT2D eigenvalue weighted by molar-refractivity contribution is 0.554. The predicted molar refractivity (Wildman–Crippen MR) is 65.0 cm³/mol.